The fourth-order valence-corrected chi connectivity index (χ4v) is 2.22. The molecule has 1 heterocycles. The number of carbonyl (C=O) groups is 1. The van der Waals surface area contributed by atoms with Crippen LogP contribution in [0.1, 0.15) is 32.1 Å². The smallest absolute Gasteiger partial charge is 0.309 e. The zero-order valence-corrected chi connectivity index (χ0v) is 8.28. The Morgan fingerprint density at radius 2 is 2.07 bits per heavy atom. The van der Waals surface area contributed by atoms with Crippen molar-refractivity contribution < 1.29 is 14.3 Å². The Labute approximate surface area is 83.8 Å². The van der Waals surface area contributed by atoms with Gasteiger partial charge in [0.05, 0.1) is 24.7 Å². The molecule has 0 aromatic rings. The summed E-state index contributed by atoms with van der Waals surface area (Å²) >= 11 is 0. The highest BCUT2D eigenvalue weighted by Crippen LogP contribution is 2.40. The fraction of sp³-hybridized carbons (Fsp3) is 0.909. The van der Waals surface area contributed by atoms with Gasteiger partial charge >= 0.3 is 5.97 Å². The molecule has 0 aromatic carbocycles. The minimum Gasteiger partial charge on any atom is -0.465 e. The Morgan fingerprint density at radius 1 is 1.21 bits per heavy atom. The van der Waals surface area contributed by atoms with Crippen molar-refractivity contribution >= 4 is 5.97 Å². The number of carbonyl (C=O) groups excluding carboxylic acids is 1. The summed E-state index contributed by atoms with van der Waals surface area (Å²) in [6.07, 6.45) is 6.24. The average Bonchev–Trinajstić information content (AvgIpc) is 3.06. The summed E-state index contributed by atoms with van der Waals surface area (Å²) in [4.78, 5) is 11.6. The Morgan fingerprint density at radius 3 is 2.79 bits per heavy atom. The van der Waals surface area contributed by atoms with Gasteiger partial charge in [-0.3, -0.25) is 4.79 Å². The molecular formula is C11H16O3. The van der Waals surface area contributed by atoms with Crippen molar-refractivity contribution in [3.63, 3.8) is 0 Å². The molecule has 14 heavy (non-hydrogen) atoms. The number of esters is 1. The van der Waals surface area contributed by atoms with Crippen LogP contribution < -0.4 is 0 Å². The van der Waals surface area contributed by atoms with E-state index in [9.17, 15) is 4.79 Å². The molecule has 3 atom stereocenters. The summed E-state index contributed by atoms with van der Waals surface area (Å²) in [5, 5.41) is 0. The second kappa shape index (κ2) is 3.23. The largest absolute Gasteiger partial charge is 0.465 e. The minimum atomic E-state index is 0.0193. The van der Waals surface area contributed by atoms with Crippen molar-refractivity contribution in [2.45, 2.75) is 44.3 Å². The molecule has 0 aromatic heterocycles. The van der Waals surface area contributed by atoms with Crippen LogP contribution in [0.25, 0.3) is 0 Å². The van der Waals surface area contributed by atoms with Crippen molar-refractivity contribution in [1.29, 1.82) is 0 Å². The molecule has 1 aliphatic heterocycles. The Hall–Kier alpha value is -0.570. The van der Waals surface area contributed by atoms with Crippen LogP contribution in [0.15, 0.2) is 0 Å². The van der Waals surface area contributed by atoms with Gasteiger partial charge in [-0.15, -0.1) is 0 Å². The van der Waals surface area contributed by atoms with E-state index in [1.165, 1.54) is 12.8 Å². The molecular weight excluding hydrogens is 180 g/mol. The van der Waals surface area contributed by atoms with E-state index in [-0.39, 0.29) is 11.9 Å². The van der Waals surface area contributed by atoms with Crippen LogP contribution in [-0.4, -0.2) is 24.8 Å². The Bertz CT molecular complexity index is 247. The average molecular weight is 196 g/mol. The molecule has 0 radical (unpaired) electrons. The van der Waals surface area contributed by atoms with Crippen LogP contribution in [0.5, 0.6) is 0 Å². The summed E-state index contributed by atoms with van der Waals surface area (Å²) in [6, 6.07) is 0. The molecule has 3 nitrogen and oxygen atoms in total. The molecule has 0 N–H and O–H groups in total. The lowest BCUT2D eigenvalue weighted by Crippen LogP contribution is -2.24. The molecule has 3 heteroatoms. The summed E-state index contributed by atoms with van der Waals surface area (Å²) in [5.41, 5.74) is 0. The van der Waals surface area contributed by atoms with Crippen LogP contribution in [0.2, 0.25) is 0 Å². The third-order valence-electron chi connectivity index (χ3n) is 3.50. The van der Waals surface area contributed by atoms with Gasteiger partial charge in [0.15, 0.2) is 0 Å². The topological polar surface area (TPSA) is 38.8 Å². The highest BCUT2D eigenvalue weighted by Gasteiger charge is 2.46. The zero-order valence-electron chi connectivity index (χ0n) is 8.28. The van der Waals surface area contributed by atoms with Gasteiger partial charge in [0.1, 0.15) is 0 Å². The first-order valence-corrected chi connectivity index (χ1v) is 5.65. The lowest BCUT2D eigenvalue weighted by molar-refractivity contribution is -0.149. The van der Waals surface area contributed by atoms with Crippen molar-refractivity contribution in [2.75, 3.05) is 6.61 Å². The summed E-state index contributed by atoms with van der Waals surface area (Å²) in [6.45, 7) is 0.657. The van der Waals surface area contributed by atoms with Crippen molar-refractivity contribution in [1.82, 2.24) is 0 Å². The van der Waals surface area contributed by atoms with Crippen molar-refractivity contribution in [3.8, 4) is 0 Å². The number of epoxide rings is 1. The number of rotatable bonds is 3. The van der Waals surface area contributed by atoms with Gasteiger partial charge < -0.3 is 9.47 Å². The number of ether oxygens (including phenoxy) is 2. The van der Waals surface area contributed by atoms with Crippen LogP contribution in [0.4, 0.5) is 0 Å². The van der Waals surface area contributed by atoms with Crippen molar-refractivity contribution in [3.05, 3.63) is 0 Å². The van der Waals surface area contributed by atoms with Gasteiger partial charge in [0.25, 0.3) is 0 Å². The Kier molecular flexibility index (Phi) is 2.01. The van der Waals surface area contributed by atoms with Gasteiger partial charge in [-0.1, -0.05) is 0 Å². The number of fused-ring (bicyclic) bond motifs is 1. The van der Waals surface area contributed by atoms with E-state index >= 15 is 0 Å². The standard InChI is InChI=1S/C11H16O3/c12-11(13-6-7-1-2-7)8-3-4-9-10(5-8)14-9/h7-10H,1-6H2. The molecule has 0 spiro atoms. The monoisotopic (exact) mass is 196 g/mol. The third-order valence-corrected chi connectivity index (χ3v) is 3.50. The van der Waals surface area contributed by atoms with E-state index < -0.39 is 0 Å². The number of hydrogen-bond acceptors (Lipinski definition) is 3. The lowest BCUT2D eigenvalue weighted by Gasteiger charge is -2.17. The second-order valence-corrected chi connectivity index (χ2v) is 4.80. The van der Waals surface area contributed by atoms with Gasteiger partial charge in [0, 0.05) is 0 Å². The first-order valence-electron chi connectivity index (χ1n) is 5.65. The molecule has 2 aliphatic carbocycles. The first-order chi connectivity index (χ1) is 6.83. The van der Waals surface area contributed by atoms with Gasteiger partial charge in [-0.2, -0.15) is 0 Å². The molecule has 0 bridgehead atoms. The Balaban J connectivity index is 1.45. The summed E-state index contributed by atoms with van der Waals surface area (Å²) in [7, 11) is 0. The molecule has 3 aliphatic rings. The van der Waals surface area contributed by atoms with Gasteiger partial charge in [-0.25, -0.2) is 0 Å². The van der Waals surface area contributed by atoms with Crippen LogP contribution >= 0.6 is 0 Å². The highest BCUT2D eigenvalue weighted by molar-refractivity contribution is 5.72. The fourth-order valence-electron chi connectivity index (χ4n) is 2.22. The maximum Gasteiger partial charge on any atom is 0.309 e. The predicted octanol–water partition coefficient (Wildman–Crippen LogP) is 1.51. The third kappa shape index (κ3) is 1.78. The molecule has 2 saturated carbocycles. The van der Waals surface area contributed by atoms with E-state index in [0.29, 0.717) is 24.7 Å². The zero-order chi connectivity index (χ0) is 9.54. The molecule has 3 fully saturated rings. The van der Waals surface area contributed by atoms with E-state index in [0.717, 1.165) is 19.3 Å². The molecule has 3 rings (SSSR count). The molecule has 0 amide bonds. The predicted molar refractivity (Wildman–Crippen MR) is 49.7 cm³/mol. The summed E-state index contributed by atoms with van der Waals surface area (Å²) < 4.78 is 10.7. The van der Waals surface area contributed by atoms with Gasteiger partial charge in [-0.05, 0) is 38.0 Å². The molecule has 3 unspecified atom stereocenters. The SMILES string of the molecule is O=C(OCC1CC1)C1CCC2OC2C1. The lowest BCUT2D eigenvalue weighted by atomic mass is 9.89. The van der Waals surface area contributed by atoms with E-state index in [2.05, 4.69) is 0 Å². The number of hydrogen-bond donors (Lipinski definition) is 0. The van der Waals surface area contributed by atoms with Crippen LogP contribution in [-0.2, 0) is 14.3 Å². The second-order valence-electron chi connectivity index (χ2n) is 4.80. The quantitative estimate of drug-likeness (QED) is 0.507. The molecule has 1 saturated heterocycles. The van der Waals surface area contributed by atoms with Crippen molar-refractivity contribution in [2.24, 2.45) is 11.8 Å². The van der Waals surface area contributed by atoms with E-state index in [1.54, 1.807) is 0 Å². The maximum atomic E-state index is 11.6. The molecule has 78 valence electrons. The summed E-state index contributed by atoms with van der Waals surface area (Å²) in [5.74, 6) is 0.816. The van der Waals surface area contributed by atoms with Crippen LogP contribution in [0.3, 0.4) is 0 Å². The highest BCUT2D eigenvalue weighted by atomic mass is 16.6. The normalized spacial score (nSPS) is 40.1. The van der Waals surface area contributed by atoms with E-state index in [1.807, 2.05) is 0 Å². The first kappa shape index (κ1) is 8.72. The van der Waals surface area contributed by atoms with Crippen LogP contribution in [0, 0.1) is 11.8 Å². The minimum absolute atomic E-state index is 0.0193. The maximum absolute atomic E-state index is 11.6. The van der Waals surface area contributed by atoms with Gasteiger partial charge in [0.2, 0.25) is 0 Å². The van der Waals surface area contributed by atoms with E-state index in [4.69, 9.17) is 9.47 Å².